The number of hydrogen-bond donors (Lipinski definition) is 2. The van der Waals surface area contributed by atoms with Crippen LogP contribution in [0.2, 0.25) is 5.02 Å². The van der Waals surface area contributed by atoms with E-state index in [1.54, 1.807) is 12.1 Å². The van der Waals surface area contributed by atoms with Gasteiger partial charge >= 0.3 is 5.97 Å². The van der Waals surface area contributed by atoms with Crippen LogP contribution in [0.5, 0.6) is 11.5 Å². The van der Waals surface area contributed by atoms with Crippen molar-refractivity contribution in [2.45, 2.75) is 25.4 Å². The highest BCUT2D eigenvalue weighted by Crippen LogP contribution is 2.38. The van der Waals surface area contributed by atoms with E-state index in [0.717, 1.165) is 6.42 Å². The SMILES string of the molecule is O=C(O)CC[C@H](O)c1cc2c(cc1Cl)OCCCO2. The lowest BCUT2D eigenvalue weighted by molar-refractivity contribution is -0.137. The number of carboxylic acids is 1. The van der Waals surface area contributed by atoms with E-state index in [2.05, 4.69) is 0 Å². The van der Waals surface area contributed by atoms with E-state index >= 15 is 0 Å². The number of halogens is 1. The summed E-state index contributed by atoms with van der Waals surface area (Å²) in [6, 6.07) is 3.22. The second-order valence-electron chi connectivity index (χ2n) is 4.32. The van der Waals surface area contributed by atoms with Crippen LogP contribution in [-0.4, -0.2) is 29.4 Å². The first kappa shape index (κ1) is 14.0. The van der Waals surface area contributed by atoms with Gasteiger partial charge < -0.3 is 19.7 Å². The first-order chi connectivity index (χ1) is 9.08. The molecule has 0 unspecified atom stereocenters. The molecule has 1 aromatic rings. The van der Waals surface area contributed by atoms with Crippen LogP contribution < -0.4 is 9.47 Å². The van der Waals surface area contributed by atoms with Crippen LogP contribution in [-0.2, 0) is 4.79 Å². The van der Waals surface area contributed by atoms with Crippen molar-refractivity contribution in [2.24, 2.45) is 0 Å². The Kier molecular flexibility index (Phi) is 4.50. The van der Waals surface area contributed by atoms with Crippen LogP contribution in [0.3, 0.4) is 0 Å². The van der Waals surface area contributed by atoms with Gasteiger partial charge in [-0.05, 0) is 12.5 Å². The summed E-state index contributed by atoms with van der Waals surface area (Å²) >= 11 is 6.08. The zero-order valence-corrected chi connectivity index (χ0v) is 11.0. The van der Waals surface area contributed by atoms with E-state index in [9.17, 15) is 9.90 Å². The maximum Gasteiger partial charge on any atom is 0.303 e. The van der Waals surface area contributed by atoms with Crippen LogP contribution >= 0.6 is 11.6 Å². The molecule has 1 heterocycles. The largest absolute Gasteiger partial charge is 0.490 e. The average molecular weight is 287 g/mol. The van der Waals surface area contributed by atoms with Gasteiger partial charge in [-0.25, -0.2) is 0 Å². The molecule has 1 aliphatic rings. The van der Waals surface area contributed by atoms with Crippen molar-refractivity contribution in [3.8, 4) is 11.5 Å². The fourth-order valence-corrected chi connectivity index (χ4v) is 2.15. The summed E-state index contributed by atoms with van der Waals surface area (Å²) in [6.45, 7) is 1.10. The number of hydrogen-bond acceptors (Lipinski definition) is 4. The molecule has 0 bridgehead atoms. The number of fused-ring (bicyclic) bond motifs is 1. The lowest BCUT2D eigenvalue weighted by Crippen LogP contribution is -2.04. The van der Waals surface area contributed by atoms with E-state index in [0.29, 0.717) is 35.3 Å². The molecule has 0 amide bonds. The Morgan fingerprint density at radius 2 is 1.95 bits per heavy atom. The monoisotopic (exact) mass is 286 g/mol. The van der Waals surface area contributed by atoms with Crippen molar-refractivity contribution in [1.82, 2.24) is 0 Å². The predicted octanol–water partition coefficient (Wildman–Crippen LogP) is 2.40. The Morgan fingerprint density at radius 3 is 2.58 bits per heavy atom. The topological polar surface area (TPSA) is 76.0 Å². The Bertz CT molecular complexity index is 474. The number of benzene rings is 1. The van der Waals surface area contributed by atoms with Crippen molar-refractivity contribution < 1.29 is 24.5 Å². The summed E-state index contributed by atoms with van der Waals surface area (Å²) in [7, 11) is 0. The third kappa shape index (κ3) is 3.52. The smallest absolute Gasteiger partial charge is 0.303 e. The molecule has 5 nitrogen and oxygen atoms in total. The fourth-order valence-electron chi connectivity index (χ4n) is 1.87. The molecule has 0 radical (unpaired) electrons. The van der Waals surface area contributed by atoms with Crippen molar-refractivity contribution >= 4 is 17.6 Å². The maximum absolute atomic E-state index is 10.5. The van der Waals surface area contributed by atoms with Crippen LogP contribution in [0.4, 0.5) is 0 Å². The summed E-state index contributed by atoms with van der Waals surface area (Å²) < 4.78 is 11.0. The van der Waals surface area contributed by atoms with Gasteiger partial charge in [-0.15, -0.1) is 0 Å². The quantitative estimate of drug-likeness (QED) is 0.889. The molecule has 19 heavy (non-hydrogen) atoms. The molecule has 0 saturated heterocycles. The minimum atomic E-state index is -0.954. The Hall–Kier alpha value is -1.46. The van der Waals surface area contributed by atoms with Gasteiger partial charge in [0.05, 0.1) is 24.3 Å². The molecule has 0 aromatic heterocycles. The van der Waals surface area contributed by atoms with Crippen molar-refractivity contribution in [3.05, 3.63) is 22.7 Å². The van der Waals surface area contributed by atoms with Gasteiger partial charge in [-0.1, -0.05) is 11.6 Å². The second kappa shape index (κ2) is 6.12. The maximum atomic E-state index is 10.5. The molecule has 0 aliphatic carbocycles. The van der Waals surface area contributed by atoms with Crippen molar-refractivity contribution in [1.29, 1.82) is 0 Å². The van der Waals surface area contributed by atoms with Gasteiger partial charge in [0.25, 0.3) is 0 Å². The molecule has 0 saturated carbocycles. The summed E-state index contributed by atoms with van der Waals surface area (Å²) in [5.74, 6) is 0.132. The summed E-state index contributed by atoms with van der Waals surface area (Å²) in [4.78, 5) is 10.5. The Morgan fingerprint density at radius 1 is 1.32 bits per heavy atom. The average Bonchev–Trinajstić information content (AvgIpc) is 2.59. The summed E-state index contributed by atoms with van der Waals surface area (Å²) in [5.41, 5.74) is 0.465. The highest BCUT2D eigenvalue weighted by Gasteiger charge is 2.19. The Labute approximate surface area is 115 Å². The minimum Gasteiger partial charge on any atom is -0.490 e. The third-order valence-electron chi connectivity index (χ3n) is 2.86. The summed E-state index contributed by atoms with van der Waals surface area (Å²) in [5, 5.41) is 18.9. The number of aliphatic carboxylic acids is 1. The van der Waals surface area contributed by atoms with Crippen molar-refractivity contribution in [3.63, 3.8) is 0 Å². The van der Waals surface area contributed by atoms with Crippen molar-refractivity contribution in [2.75, 3.05) is 13.2 Å². The van der Waals surface area contributed by atoms with Crippen LogP contribution in [0.1, 0.15) is 30.9 Å². The lowest BCUT2D eigenvalue weighted by Gasteiger charge is -2.15. The van der Waals surface area contributed by atoms with Crippen LogP contribution in [0.25, 0.3) is 0 Å². The zero-order chi connectivity index (χ0) is 13.8. The molecular formula is C13H15ClO5. The van der Waals surface area contributed by atoms with E-state index in [4.69, 9.17) is 26.2 Å². The van der Waals surface area contributed by atoms with Gasteiger partial charge in [-0.2, -0.15) is 0 Å². The molecule has 0 fully saturated rings. The molecule has 2 N–H and O–H groups in total. The van der Waals surface area contributed by atoms with Gasteiger partial charge in [-0.3, -0.25) is 4.79 Å². The lowest BCUT2D eigenvalue weighted by atomic mass is 10.0. The number of ether oxygens (including phenoxy) is 2. The third-order valence-corrected chi connectivity index (χ3v) is 3.18. The number of aliphatic hydroxyl groups is 1. The molecule has 1 aromatic carbocycles. The molecule has 1 aliphatic heterocycles. The van der Waals surface area contributed by atoms with E-state index in [-0.39, 0.29) is 12.8 Å². The van der Waals surface area contributed by atoms with Gasteiger partial charge in [0.15, 0.2) is 11.5 Å². The Balaban J connectivity index is 2.20. The second-order valence-corrected chi connectivity index (χ2v) is 4.73. The number of carbonyl (C=O) groups is 1. The number of rotatable bonds is 4. The normalized spacial score (nSPS) is 15.7. The van der Waals surface area contributed by atoms with E-state index in [1.807, 2.05) is 0 Å². The molecule has 2 rings (SSSR count). The zero-order valence-electron chi connectivity index (χ0n) is 10.3. The number of carboxylic acid groups (broad SMARTS) is 1. The highest BCUT2D eigenvalue weighted by molar-refractivity contribution is 6.31. The molecule has 1 atom stereocenters. The highest BCUT2D eigenvalue weighted by atomic mass is 35.5. The number of aliphatic hydroxyl groups excluding tert-OH is 1. The molecule has 6 heteroatoms. The van der Waals surface area contributed by atoms with Gasteiger partial charge in [0, 0.05) is 24.5 Å². The van der Waals surface area contributed by atoms with Gasteiger partial charge in [0.1, 0.15) is 0 Å². The van der Waals surface area contributed by atoms with E-state index in [1.165, 1.54) is 0 Å². The predicted molar refractivity (Wildman–Crippen MR) is 68.9 cm³/mol. The van der Waals surface area contributed by atoms with E-state index < -0.39 is 12.1 Å². The standard InChI is InChI=1S/C13H15ClO5/c14-9-7-12-11(18-4-1-5-19-12)6-8(9)10(15)2-3-13(16)17/h6-7,10,15H,1-5H2,(H,16,17)/t10-/m0/s1. The van der Waals surface area contributed by atoms with Crippen LogP contribution in [0, 0.1) is 0 Å². The fraction of sp³-hybridized carbons (Fsp3) is 0.462. The van der Waals surface area contributed by atoms with Gasteiger partial charge in [0.2, 0.25) is 0 Å². The first-order valence-corrected chi connectivity index (χ1v) is 6.44. The van der Waals surface area contributed by atoms with Crippen LogP contribution in [0.15, 0.2) is 12.1 Å². The molecular weight excluding hydrogens is 272 g/mol. The molecule has 104 valence electrons. The summed E-state index contributed by atoms with van der Waals surface area (Å²) in [6.07, 6.45) is -0.162. The first-order valence-electron chi connectivity index (χ1n) is 6.07. The minimum absolute atomic E-state index is 0.106. The molecule has 0 spiro atoms.